The Morgan fingerprint density at radius 1 is 1.37 bits per heavy atom. The number of likely N-dealkylation sites (N-methyl/N-ethyl adjacent to an activating group) is 1. The molecule has 0 radical (unpaired) electrons. The molecule has 1 saturated heterocycles. The van der Waals surface area contributed by atoms with E-state index in [2.05, 4.69) is 0 Å². The Labute approximate surface area is 112 Å². The first kappa shape index (κ1) is 14.3. The first-order chi connectivity index (χ1) is 8.99. The Kier molecular flexibility index (Phi) is 4.10. The summed E-state index contributed by atoms with van der Waals surface area (Å²) in [4.78, 5) is 25.4. The normalized spacial score (nSPS) is 29.4. The summed E-state index contributed by atoms with van der Waals surface area (Å²) in [6.45, 7) is 2.77. The van der Waals surface area contributed by atoms with E-state index in [1.54, 1.807) is 4.90 Å². The number of hydrogen-bond acceptors (Lipinski definition) is 4. The van der Waals surface area contributed by atoms with Crippen molar-refractivity contribution in [3.8, 4) is 0 Å². The Bertz CT molecular complexity index is 366. The van der Waals surface area contributed by atoms with Crippen molar-refractivity contribution >= 4 is 11.9 Å². The van der Waals surface area contributed by atoms with Crippen molar-refractivity contribution in [2.75, 3.05) is 19.8 Å². The van der Waals surface area contributed by atoms with Gasteiger partial charge < -0.3 is 20.5 Å². The molecule has 2 fully saturated rings. The van der Waals surface area contributed by atoms with Crippen LogP contribution < -0.4 is 5.73 Å². The molecule has 108 valence electrons. The molecule has 2 unspecified atom stereocenters. The van der Waals surface area contributed by atoms with Crippen LogP contribution in [0.5, 0.6) is 0 Å². The standard InChI is InChI=1S/C13H22N2O4/c1-2-15(10-8-19-7-9(10)11(16)17)12(18)13(14)5-3-4-6-13/h9-10H,2-8,14H2,1H3,(H,16,17). The minimum absolute atomic E-state index is 0.116. The van der Waals surface area contributed by atoms with Crippen LogP contribution in [0.2, 0.25) is 0 Å². The highest BCUT2D eigenvalue weighted by atomic mass is 16.5. The lowest BCUT2D eigenvalue weighted by molar-refractivity contribution is -0.146. The highest BCUT2D eigenvalue weighted by Crippen LogP contribution is 2.31. The second kappa shape index (κ2) is 5.46. The van der Waals surface area contributed by atoms with Gasteiger partial charge in [-0.15, -0.1) is 0 Å². The summed E-state index contributed by atoms with van der Waals surface area (Å²) < 4.78 is 5.24. The van der Waals surface area contributed by atoms with Crippen molar-refractivity contribution < 1.29 is 19.4 Å². The van der Waals surface area contributed by atoms with Crippen LogP contribution in [-0.2, 0) is 14.3 Å². The minimum Gasteiger partial charge on any atom is -0.481 e. The molecule has 19 heavy (non-hydrogen) atoms. The molecule has 2 atom stereocenters. The third-order valence-electron chi connectivity index (χ3n) is 4.29. The fourth-order valence-corrected chi connectivity index (χ4v) is 3.12. The lowest BCUT2D eigenvalue weighted by Crippen LogP contribution is -2.58. The molecule has 0 aromatic heterocycles. The fraction of sp³-hybridized carbons (Fsp3) is 0.846. The number of rotatable bonds is 4. The van der Waals surface area contributed by atoms with E-state index in [4.69, 9.17) is 10.5 Å². The number of aliphatic carboxylic acids is 1. The maximum atomic E-state index is 12.6. The van der Waals surface area contributed by atoms with Crippen molar-refractivity contribution in [1.29, 1.82) is 0 Å². The minimum atomic E-state index is -0.911. The maximum Gasteiger partial charge on any atom is 0.311 e. The van der Waals surface area contributed by atoms with Gasteiger partial charge in [-0.3, -0.25) is 9.59 Å². The summed E-state index contributed by atoms with van der Waals surface area (Å²) >= 11 is 0. The summed E-state index contributed by atoms with van der Waals surface area (Å²) in [7, 11) is 0. The highest BCUT2D eigenvalue weighted by molar-refractivity contribution is 5.87. The van der Waals surface area contributed by atoms with Gasteiger partial charge >= 0.3 is 5.97 Å². The molecule has 0 spiro atoms. The van der Waals surface area contributed by atoms with Gasteiger partial charge in [0.15, 0.2) is 0 Å². The molecule has 2 aliphatic rings. The van der Waals surface area contributed by atoms with Gasteiger partial charge in [-0.25, -0.2) is 0 Å². The van der Waals surface area contributed by atoms with Crippen LogP contribution in [0.3, 0.4) is 0 Å². The largest absolute Gasteiger partial charge is 0.481 e. The van der Waals surface area contributed by atoms with Crippen LogP contribution in [0.4, 0.5) is 0 Å². The fourth-order valence-electron chi connectivity index (χ4n) is 3.12. The third kappa shape index (κ3) is 2.60. The van der Waals surface area contributed by atoms with Crippen LogP contribution in [0, 0.1) is 5.92 Å². The number of carboxylic acid groups (broad SMARTS) is 1. The molecule has 1 aliphatic heterocycles. The van der Waals surface area contributed by atoms with E-state index in [9.17, 15) is 14.7 Å². The number of nitrogens with zero attached hydrogens (tertiary/aromatic N) is 1. The van der Waals surface area contributed by atoms with E-state index in [1.807, 2.05) is 6.92 Å². The quantitative estimate of drug-likeness (QED) is 0.761. The van der Waals surface area contributed by atoms with Crippen LogP contribution in [0.25, 0.3) is 0 Å². The zero-order valence-corrected chi connectivity index (χ0v) is 11.3. The SMILES string of the molecule is CCN(C(=O)C1(N)CCCC1)C1COCC1C(=O)O. The van der Waals surface area contributed by atoms with Gasteiger partial charge in [0.2, 0.25) is 5.91 Å². The van der Waals surface area contributed by atoms with Gasteiger partial charge in [0.05, 0.1) is 24.8 Å². The predicted octanol–water partition coefficient (Wildman–Crippen LogP) is 0.206. The van der Waals surface area contributed by atoms with Crippen molar-refractivity contribution in [1.82, 2.24) is 4.90 Å². The van der Waals surface area contributed by atoms with Crippen LogP contribution in [0.15, 0.2) is 0 Å². The van der Waals surface area contributed by atoms with Crippen LogP contribution >= 0.6 is 0 Å². The molecule has 1 aliphatic carbocycles. The van der Waals surface area contributed by atoms with Gasteiger partial charge in [0.1, 0.15) is 5.92 Å². The van der Waals surface area contributed by atoms with Gasteiger partial charge in [-0.2, -0.15) is 0 Å². The molecule has 3 N–H and O–H groups in total. The van der Waals surface area contributed by atoms with E-state index in [0.717, 1.165) is 12.8 Å². The van der Waals surface area contributed by atoms with Crippen molar-refractivity contribution in [2.24, 2.45) is 11.7 Å². The number of carbonyl (C=O) groups excluding carboxylic acids is 1. The van der Waals surface area contributed by atoms with Crippen molar-refractivity contribution in [3.63, 3.8) is 0 Å². The number of hydrogen-bond donors (Lipinski definition) is 2. The van der Waals surface area contributed by atoms with E-state index < -0.39 is 23.5 Å². The summed E-state index contributed by atoms with van der Waals surface area (Å²) in [6.07, 6.45) is 3.30. The monoisotopic (exact) mass is 270 g/mol. The predicted molar refractivity (Wildman–Crippen MR) is 68.5 cm³/mol. The third-order valence-corrected chi connectivity index (χ3v) is 4.29. The number of ether oxygens (including phenoxy) is 1. The lowest BCUT2D eigenvalue weighted by atomic mass is 9.94. The van der Waals surface area contributed by atoms with Crippen LogP contribution in [0.1, 0.15) is 32.6 Å². The molecule has 0 bridgehead atoms. The molecule has 6 heteroatoms. The van der Waals surface area contributed by atoms with E-state index in [-0.39, 0.29) is 19.1 Å². The van der Waals surface area contributed by atoms with Gasteiger partial charge in [0.25, 0.3) is 0 Å². The average molecular weight is 270 g/mol. The zero-order chi connectivity index (χ0) is 14.0. The molecule has 1 saturated carbocycles. The van der Waals surface area contributed by atoms with Gasteiger partial charge in [-0.1, -0.05) is 12.8 Å². The van der Waals surface area contributed by atoms with E-state index in [0.29, 0.717) is 19.4 Å². The topological polar surface area (TPSA) is 92.9 Å². The molecule has 1 heterocycles. The van der Waals surface area contributed by atoms with Crippen molar-refractivity contribution in [3.05, 3.63) is 0 Å². The van der Waals surface area contributed by atoms with Gasteiger partial charge in [-0.05, 0) is 19.8 Å². The smallest absolute Gasteiger partial charge is 0.311 e. The highest BCUT2D eigenvalue weighted by Gasteiger charge is 2.45. The molecule has 0 aromatic carbocycles. The van der Waals surface area contributed by atoms with Crippen molar-refractivity contribution in [2.45, 2.75) is 44.2 Å². The summed E-state index contributed by atoms with van der Waals surface area (Å²) in [6, 6.07) is -0.393. The second-order valence-corrected chi connectivity index (χ2v) is 5.50. The number of amides is 1. The number of nitrogens with two attached hydrogens (primary N) is 1. The summed E-state index contributed by atoms with van der Waals surface area (Å²) in [5.41, 5.74) is 5.38. The molecular weight excluding hydrogens is 248 g/mol. The first-order valence-electron chi connectivity index (χ1n) is 6.90. The molecule has 0 aromatic rings. The van der Waals surface area contributed by atoms with E-state index >= 15 is 0 Å². The van der Waals surface area contributed by atoms with Gasteiger partial charge in [0, 0.05) is 6.54 Å². The number of carboxylic acids is 1. The lowest BCUT2D eigenvalue weighted by Gasteiger charge is -2.35. The Morgan fingerprint density at radius 3 is 2.53 bits per heavy atom. The number of carbonyl (C=O) groups is 2. The summed E-state index contributed by atoms with van der Waals surface area (Å²) in [5.74, 6) is -1.67. The molecule has 2 rings (SSSR count). The molecule has 6 nitrogen and oxygen atoms in total. The average Bonchev–Trinajstić information content (AvgIpc) is 2.99. The Morgan fingerprint density at radius 2 is 2.00 bits per heavy atom. The maximum absolute atomic E-state index is 12.6. The summed E-state index contributed by atoms with van der Waals surface area (Å²) in [5, 5.41) is 9.19. The van der Waals surface area contributed by atoms with Crippen LogP contribution in [-0.4, -0.2) is 53.2 Å². The van der Waals surface area contributed by atoms with E-state index in [1.165, 1.54) is 0 Å². The molecular formula is C13H22N2O4. The molecule has 1 amide bonds. The zero-order valence-electron chi connectivity index (χ0n) is 11.3. The second-order valence-electron chi connectivity index (χ2n) is 5.50. The Balaban J connectivity index is 2.15. The first-order valence-corrected chi connectivity index (χ1v) is 6.90. The Hall–Kier alpha value is -1.14.